The van der Waals surface area contributed by atoms with Crippen LogP contribution in [0.3, 0.4) is 0 Å². The molecule has 28 heavy (non-hydrogen) atoms. The van der Waals surface area contributed by atoms with Crippen molar-refractivity contribution in [2.45, 2.75) is 30.8 Å². The molecule has 10 nitrogen and oxygen atoms in total. The van der Waals surface area contributed by atoms with E-state index in [1.807, 2.05) is 0 Å². The Bertz CT molecular complexity index is 852. The summed E-state index contributed by atoms with van der Waals surface area (Å²) in [5.41, 5.74) is 0. The van der Waals surface area contributed by atoms with Crippen LogP contribution in [-0.2, 0) is 24.3 Å². The number of nitrogens with zero attached hydrogens (tertiary/aromatic N) is 3. The molecule has 2 aliphatic rings. The standard InChI is InChI=1S/C17H22N4O6S/c1-12(15(22)21-10-7-19-17(21)24)27-16(23)13-4-8-20(9-5-13)28(25,26)14-3-2-6-18-11-14/h2-3,6,11-13H,4-5,7-10H2,1H3,(H,19,24). The lowest BCUT2D eigenvalue weighted by Gasteiger charge is -2.30. The molecule has 2 fully saturated rings. The number of sulfonamides is 1. The van der Waals surface area contributed by atoms with E-state index in [2.05, 4.69) is 10.3 Å². The minimum absolute atomic E-state index is 0.110. The molecule has 0 spiro atoms. The van der Waals surface area contributed by atoms with Crippen molar-refractivity contribution in [1.82, 2.24) is 19.5 Å². The topological polar surface area (TPSA) is 126 Å². The molecule has 3 amide bonds. The molecule has 1 unspecified atom stereocenters. The summed E-state index contributed by atoms with van der Waals surface area (Å²) in [5, 5.41) is 2.51. The SMILES string of the molecule is CC(OC(=O)C1CCN(S(=O)(=O)c2cccnc2)CC1)C(=O)N1CCNC1=O. The molecule has 2 saturated heterocycles. The van der Waals surface area contributed by atoms with Crippen molar-refractivity contribution in [3.05, 3.63) is 24.5 Å². The van der Waals surface area contributed by atoms with E-state index in [0.717, 1.165) is 4.90 Å². The first-order valence-electron chi connectivity index (χ1n) is 9.00. The van der Waals surface area contributed by atoms with Crippen LogP contribution in [0.4, 0.5) is 4.79 Å². The summed E-state index contributed by atoms with van der Waals surface area (Å²) < 4.78 is 31.7. The Morgan fingerprint density at radius 1 is 1.29 bits per heavy atom. The maximum absolute atomic E-state index is 12.6. The normalized spacial score (nSPS) is 19.9. The average Bonchev–Trinajstić information content (AvgIpc) is 3.14. The van der Waals surface area contributed by atoms with Gasteiger partial charge in [-0.25, -0.2) is 13.2 Å². The first-order chi connectivity index (χ1) is 13.3. The lowest BCUT2D eigenvalue weighted by atomic mass is 9.98. The fourth-order valence-electron chi connectivity index (χ4n) is 3.20. The summed E-state index contributed by atoms with van der Waals surface area (Å²) in [6, 6.07) is 2.53. The van der Waals surface area contributed by atoms with Gasteiger partial charge in [-0.15, -0.1) is 0 Å². The summed E-state index contributed by atoms with van der Waals surface area (Å²) >= 11 is 0. The van der Waals surface area contributed by atoms with Crippen molar-refractivity contribution in [1.29, 1.82) is 0 Å². The number of hydrogen-bond donors (Lipinski definition) is 1. The predicted octanol–water partition coefficient (Wildman–Crippen LogP) is -0.0342. The van der Waals surface area contributed by atoms with Crippen molar-refractivity contribution in [2.24, 2.45) is 5.92 Å². The summed E-state index contributed by atoms with van der Waals surface area (Å²) in [4.78, 5) is 41.1. The fraction of sp³-hybridized carbons (Fsp3) is 0.529. The van der Waals surface area contributed by atoms with E-state index >= 15 is 0 Å². The van der Waals surface area contributed by atoms with E-state index < -0.39 is 40.0 Å². The zero-order valence-electron chi connectivity index (χ0n) is 15.4. The Hall–Kier alpha value is -2.53. The number of ether oxygens (including phenoxy) is 1. The van der Waals surface area contributed by atoms with Crippen molar-refractivity contribution < 1.29 is 27.5 Å². The van der Waals surface area contributed by atoms with Gasteiger partial charge in [-0.05, 0) is 31.9 Å². The number of aromatic nitrogens is 1. The van der Waals surface area contributed by atoms with Gasteiger partial charge >= 0.3 is 12.0 Å². The third-order valence-corrected chi connectivity index (χ3v) is 6.71. The van der Waals surface area contributed by atoms with Crippen molar-refractivity contribution in [3.63, 3.8) is 0 Å². The highest BCUT2D eigenvalue weighted by Crippen LogP contribution is 2.24. The molecule has 0 bridgehead atoms. The molecule has 1 atom stereocenters. The largest absolute Gasteiger partial charge is 0.452 e. The first kappa shape index (κ1) is 20.2. The summed E-state index contributed by atoms with van der Waals surface area (Å²) in [6.07, 6.45) is 2.30. The van der Waals surface area contributed by atoms with Crippen LogP contribution in [0.5, 0.6) is 0 Å². The van der Waals surface area contributed by atoms with Gasteiger partial charge in [-0.1, -0.05) is 0 Å². The molecule has 0 aromatic carbocycles. The molecule has 3 heterocycles. The number of carbonyl (C=O) groups is 3. The number of imide groups is 1. The average molecular weight is 410 g/mol. The molecule has 1 aromatic heterocycles. The van der Waals surface area contributed by atoms with Gasteiger partial charge < -0.3 is 10.1 Å². The van der Waals surface area contributed by atoms with Gasteiger partial charge in [0.25, 0.3) is 5.91 Å². The summed E-state index contributed by atoms with van der Waals surface area (Å²) in [5.74, 6) is -1.62. The third kappa shape index (κ3) is 4.14. The van der Waals surface area contributed by atoms with Gasteiger partial charge in [-0.2, -0.15) is 4.31 Å². The molecule has 0 aliphatic carbocycles. The van der Waals surface area contributed by atoms with Crippen LogP contribution in [-0.4, -0.2) is 72.8 Å². The molecule has 3 rings (SSSR count). The van der Waals surface area contributed by atoms with Crippen molar-refractivity contribution in [3.8, 4) is 0 Å². The van der Waals surface area contributed by atoms with Crippen LogP contribution in [0.15, 0.2) is 29.4 Å². The molecule has 1 N–H and O–H groups in total. The van der Waals surface area contributed by atoms with Gasteiger partial charge in [0.2, 0.25) is 10.0 Å². The van der Waals surface area contributed by atoms with Crippen molar-refractivity contribution in [2.75, 3.05) is 26.2 Å². The highest BCUT2D eigenvalue weighted by Gasteiger charge is 2.36. The van der Waals surface area contributed by atoms with Crippen LogP contribution in [0.2, 0.25) is 0 Å². The molecular weight excluding hydrogens is 388 g/mol. The molecule has 2 aliphatic heterocycles. The molecule has 1 aromatic rings. The van der Waals surface area contributed by atoms with Crippen LogP contribution < -0.4 is 5.32 Å². The number of carbonyl (C=O) groups excluding carboxylic acids is 3. The van der Waals surface area contributed by atoms with Gasteiger partial charge in [0.05, 0.1) is 5.92 Å². The number of amides is 3. The third-order valence-electron chi connectivity index (χ3n) is 4.82. The highest BCUT2D eigenvalue weighted by atomic mass is 32.2. The Morgan fingerprint density at radius 2 is 2.00 bits per heavy atom. The van der Waals surface area contributed by atoms with Gasteiger partial charge in [-0.3, -0.25) is 19.5 Å². The predicted molar refractivity (Wildman–Crippen MR) is 96.4 cm³/mol. The number of nitrogens with one attached hydrogen (secondary N) is 1. The highest BCUT2D eigenvalue weighted by molar-refractivity contribution is 7.89. The second-order valence-corrected chi connectivity index (χ2v) is 8.61. The second-order valence-electron chi connectivity index (χ2n) is 6.67. The summed E-state index contributed by atoms with van der Waals surface area (Å²) in [7, 11) is -3.65. The number of pyridine rings is 1. The number of rotatable bonds is 5. The van der Waals surface area contributed by atoms with Gasteiger partial charge in [0.1, 0.15) is 4.90 Å². The Morgan fingerprint density at radius 3 is 2.57 bits per heavy atom. The molecular formula is C17H22N4O6S. The van der Waals surface area contributed by atoms with Gasteiger partial charge in [0.15, 0.2) is 6.10 Å². The van der Waals surface area contributed by atoms with Crippen LogP contribution in [0.1, 0.15) is 19.8 Å². The Labute approximate surface area is 162 Å². The fourth-order valence-corrected chi connectivity index (χ4v) is 4.64. The maximum atomic E-state index is 12.6. The number of hydrogen-bond acceptors (Lipinski definition) is 7. The van der Waals surface area contributed by atoms with Crippen molar-refractivity contribution >= 4 is 27.9 Å². The zero-order chi connectivity index (χ0) is 20.3. The lowest BCUT2D eigenvalue weighted by Crippen LogP contribution is -2.44. The van der Waals surface area contributed by atoms with E-state index in [-0.39, 0.29) is 24.5 Å². The second kappa shape index (κ2) is 8.23. The van der Waals surface area contributed by atoms with E-state index in [4.69, 9.17) is 4.74 Å². The lowest BCUT2D eigenvalue weighted by molar-refractivity contribution is -0.162. The van der Waals surface area contributed by atoms with E-state index in [1.54, 1.807) is 6.07 Å². The molecule has 11 heteroatoms. The smallest absolute Gasteiger partial charge is 0.324 e. The number of piperidine rings is 1. The maximum Gasteiger partial charge on any atom is 0.324 e. The quantitative estimate of drug-likeness (QED) is 0.675. The minimum Gasteiger partial charge on any atom is -0.452 e. The van der Waals surface area contributed by atoms with Gasteiger partial charge in [0, 0.05) is 38.6 Å². The Kier molecular flexibility index (Phi) is 5.94. The van der Waals surface area contributed by atoms with Crippen LogP contribution >= 0.6 is 0 Å². The monoisotopic (exact) mass is 410 g/mol. The van der Waals surface area contributed by atoms with Crippen LogP contribution in [0, 0.1) is 5.92 Å². The number of urea groups is 1. The Balaban J connectivity index is 1.54. The molecule has 152 valence electrons. The molecule has 0 radical (unpaired) electrons. The van der Waals surface area contributed by atoms with E-state index in [1.165, 1.54) is 29.7 Å². The first-order valence-corrected chi connectivity index (χ1v) is 10.4. The van der Waals surface area contributed by atoms with E-state index in [9.17, 15) is 22.8 Å². The molecule has 0 saturated carbocycles. The van der Waals surface area contributed by atoms with Crippen LogP contribution in [0.25, 0.3) is 0 Å². The van der Waals surface area contributed by atoms with E-state index in [0.29, 0.717) is 19.4 Å². The summed E-state index contributed by atoms with van der Waals surface area (Å²) in [6.45, 7) is 2.38. The number of esters is 1. The zero-order valence-corrected chi connectivity index (χ0v) is 16.2. The minimum atomic E-state index is -3.65.